The molecular formula is C15H18N3+. The smallest absolute Gasteiger partial charge is 0.169 e. The largest absolute Gasteiger partial charge is 0.378 e. The molecular weight excluding hydrogens is 222 g/mol. The van der Waals surface area contributed by atoms with Crippen LogP contribution in [-0.4, -0.2) is 20.3 Å². The van der Waals surface area contributed by atoms with E-state index in [0.29, 0.717) is 0 Å². The lowest BCUT2D eigenvalue weighted by molar-refractivity contribution is -0.671. The Labute approximate surface area is 108 Å². The van der Waals surface area contributed by atoms with Crippen LogP contribution in [0.5, 0.6) is 0 Å². The first-order valence-corrected chi connectivity index (χ1v) is 5.92. The molecule has 0 atom stereocenters. The summed E-state index contributed by atoms with van der Waals surface area (Å²) in [6.07, 6.45) is 5.90. The zero-order valence-corrected chi connectivity index (χ0v) is 11.0. The number of hydrogen-bond donors (Lipinski definition) is 0. The van der Waals surface area contributed by atoms with E-state index in [4.69, 9.17) is 0 Å². The molecule has 0 aliphatic rings. The van der Waals surface area contributed by atoms with E-state index in [1.54, 1.807) is 0 Å². The number of nitrogens with zero attached hydrogens (tertiary/aromatic N) is 3. The number of anilines is 1. The van der Waals surface area contributed by atoms with Crippen molar-refractivity contribution in [2.75, 3.05) is 19.0 Å². The third-order valence-electron chi connectivity index (χ3n) is 2.73. The Balaban J connectivity index is 2.11. The summed E-state index contributed by atoms with van der Waals surface area (Å²) < 4.78 is 2.00. The second-order valence-corrected chi connectivity index (χ2v) is 4.47. The molecule has 3 heteroatoms. The maximum atomic E-state index is 4.45. The predicted molar refractivity (Wildman–Crippen MR) is 75.6 cm³/mol. The normalized spacial score (nSPS) is 10.8. The predicted octanol–water partition coefficient (Wildman–Crippen LogP) is 2.33. The Morgan fingerprint density at radius 2 is 1.61 bits per heavy atom. The first kappa shape index (κ1) is 12.3. The van der Waals surface area contributed by atoms with E-state index in [9.17, 15) is 0 Å². The molecule has 0 aliphatic heterocycles. The maximum absolute atomic E-state index is 4.45. The maximum Gasteiger partial charge on any atom is 0.169 e. The van der Waals surface area contributed by atoms with Gasteiger partial charge in [-0.15, -0.1) is 0 Å². The van der Waals surface area contributed by atoms with Crippen molar-refractivity contribution in [2.24, 2.45) is 12.0 Å². The lowest BCUT2D eigenvalue weighted by Gasteiger charge is -2.11. The van der Waals surface area contributed by atoms with Crippen molar-refractivity contribution in [3.05, 3.63) is 54.4 Å². The molecule has 0 aliphatic carbocycles. The van der Waals surface area contributed by atoms with Crippen molar-refractivity contribution in [1.82, 2.24) is 0 Å². The van der Waals surface area contributed by atoms with Crippen molar-refractivity contribution in [3.8, 4) is 0 Å². The van der Waals surface area contributed by atoms with Gasteiger partial charge in [0.2, 0.25) is 0 Å². The van der Waals surface area contributed by atoms with Crippen molar-refractivity contribution < 1.29 is 4.57 Å². The molecule has 1 aromatic carbocycles. The molecule has 0 amide bonds. The fourth-order valence-electron chi connectivity index (χ4n) is 1.58. The van der Waals surface area contributed by atoms with E-state index in [1.165, 1.54) is 5.69 Å². The summed E-state index contributed by atoms with van der Waals surface area (Å²) in [6, 6.07) is 12.3. The van der Waals surface area contributed by atoms with Crippen molar-refractivity contribution in [3.63, 3.8) is 0 Å². The van der Waals surface area contributed by atoms with Gasteiger partial charge < -0.3 is 4.90 Å². The molecule has 0 unspecified atom stereocenters. The third kappa shape index (κ3) is 3.17. The van der Waals surface area contributed by atoms with E-state index in [1.807, 2.05) is 68.6 Å². The Hall–Kier alpha value is -2.16. The van der Waals surface area contributed by atoms with Gasteiger partial charge in [0.15, 0.2) is 12.4 Å². The number of rotatable bonds is 3. The topological polar surface area (TPSA) is 19.5 Å². The molecule has 2 aromatic rings. The summed E-state index contributed by atoms with van der Waals surface area (Å²) in [4.78, 5) is 6.53. The SMILES string of the molecule is CN(C)c1ccc(N=Cc2cc[n+](C)cc2)cc1. The summed E-state index contributed by atoms with van der Waals surface area (Å²) in [5.41, 5.74) is 3.25. The van der Waals surface area contributed by atoms with Crippen LogP contribution in [0.4, 0.5) is 11.4 Å². The van der Waals surface area contributed by atoms with E-state index < -0.39 is 0 Å². The second kappa shape index (κ2) is 5.45. The fraction of sp³-hybridized carbons (Fsp3) is 0.200. The van der Waals surface area contributed by atoms with Gasteiger partial charge in [-0.1, -0.05) is 0 Å². The van der Waals surface area contributed by atoms with Gasteiger partial charge in [-0.05, 0) is 24.3 Å². The van der Waals surface area contributed by atoms with E-state index in [2.05, 4.69) is 22.0 Å². The molecule has 0 radical (unpaired) electrons. The molecule has 0 fully saturated rings. The zero-order chi connectivity index (χ0) is 13.0. The van der Waals surface area contributed by atoms with Crippen molar-refractivity contribution in [1.29, 1.82) is 0 Å². The van der Waals surface area contributed by atoms with Gasteiger partial charge in [0.25, 0.3) is 0 Å². The van der Waals surface area contributed by atoms with Crippen LogP contribution < -0.4 is 9.47 Å². The number of hydrogen-bond acceptors (Lipinski definition) is 2. The number of aryl methyl sites for hydroxylation is 1. The minimum Gasteiger partial charge on any atom is -0.378 e. The van der Waals surface area contributed by atoms with Gasteiger partial charge in [0.05, 0.1) is 5.69 Å². The highest BCUT2D eigenvalue weighted by molar-refractivity contribution is 5.81. The Morgan fingerprint density at radius 3 is 2.17 bits per heavy atom. The molecule has 0 N–H and O–H groups in total. The van der Waals surface area contributed by atoms with Crippen LogP contribution >= 0.6 is 0 Å². The van der Waals surface area contributed by atoms with Gasteiger partial charge in [-0.25, -0.2) is 4.57 Å². The number of aromatic nitrogens is 1. The van der Waals surface area contributed by atoms with Gasteiger partial charge in [0, 0.05) is 43.7 Å². The van der Waals surface area contributed by atoms with E-state index >= 15 is 0 Å². The van der Waals surface area contributed by atoms with Crippen LogP contribution in [0.2, 0.25) is 0 Å². The van der Waals surface area contributed by atoms with Gasteiger partial charge in [-0.3, -0.25) is 4.99 Å². The van der Waals surface area contributed by atoms with Crippen LogP contribution in [0, 0.1) is 0 Å². The van der Waals surface area contributed by atoms with E-state index in [0.717, 1.165) is 11.3 Å². The summed E-state index contributed by atoms with van der Waals surface area (Å²) in [5.74, 6) is 0. The van der Waals surface area contributed by atoms with Crippen LogP contribution in [0.1, 0.15) is 5.56 Å². The third-order valence-corrected chi connectivity index (χ3v) is 2.73. The zero-order valence-electron chi connectivity index (χ0n) is 11.0. The summed E-state index contributed by atoms with van der Waals surface area (Å²) in [6.45, 7) is 0. The summed E-state index contributed by atoms with van der Waals surface area (Å²) in [5, 5.41) is 0. The minimum absolute atomic E-state index is 0.967. The van der Waals surface area contributed by atoms with Crippen LogP contribution in [0.25, 0.3) is 0 Å². The van der Waals surface area contributed by atoms with Gasteiger partial charge in [-0.2, -0.15) is 0 Å². The highest BCUT2D eigenvalue weighted by Crippen LogP contribution is 2.17. The lowest BCUT2D eigenvalue weighted by atomic mass is 10.2. The minimum atomic E-state index is 0.967. The summed E-state index contributed by atoms with van der Waals surface area (Å²) >= 11 is 0. The summed E-state index contributed by atoms with van der Waals surface area (Å²) in [7, 11) is 6.06. The van der Waals surface area contributed by atoms with Crippen molar-refractivity contribution in [2.45, 2.75) is 0 Å². The molecule has 0 bridgehead atoms. The number of benzene rings is 1. The van der Waals surface area contributed by atoms with Crippen molar-refractivity contribution >= 4 is 17.6 Å². The molecule has 0 saturated heterocycles. The van der Waals surface area contributed by atoms with Crippen LogP contribution in [0.15, 0.2) is 53.8 Å². The van der Waals surface area contributed by atoms with Gasteiger partial charge in [0.1, 0.15) is 7.05 Å². The Morgan fingerprint density at radius 1 is 1.00 bits per heavy atom. The van der Waals surface area contributed by atoms with Gasteiger partial charge >= 0.3 is 0 Å². The molecule has 0 spiro atoms. The fourth-order valence-corrected chi connectivity index (χ4v) is 1.58. The molecule has 18 heavy (non-hydrogen) atoms. The first-order valence-electron chi connectivity index (χ1n) is 5.92. The Bertz CT molecular complexity index is 525. The van der Waals surface area contributed by atoms with Crippen LogP contribution in [-0.2, 0) is 7.05 Å². The monoisotopic (exact) mass is 240 g/mol. The molecule has 0 saturated carbocycles. The Kier molecular flexibility index (Phi) is 3.72. The highest BCUT2D eigenvalue weighted by Gasteiger charge is 1.95. The molecule has 2 rings (SSSR count). The second-order valence-electron chi connectivity index (χ2n) is 4.47. The molecule has 92 valence electrons. The number of aliphatic imine (C=N–C) groups is 1. The molecule has 1 aromatic heterocycles. The average molecular weight is 240 g/mol. The van der Waals surface area contributed by atoms with Crippen LogP contribution in [0.3, 0.4) is 0 Å². The molecule has 1 heterocycles. The first-order chi connectivity index (χ1) is 8.65. The number of pyridine rings is 1. The average Bonchev–Trinajstić information content (AvgIpc) is 2.38. The van der Waals surface area contributed by atoms with E-state index in [-0.39, 0.29) is 0 Å². The molecule has 3 nitrogen and oxygen atoms in total. The lowest BCUT2D eigenvalue weighted by Crippen LogP contribution is -2.25. The highest BCUT2D eigenvalue weighted by atomic mass is 15.1. The quantitative estimate of drug-likeness (QED) is 0.595. The standard InChI is InChI=1S/C15H18N3/c1-17(2)15-6-4-14(5-7-15)16-12-13-8-10-18(3)11-9-13/h4-12H,1-3H3/q+1.